The van der Waals surface area contributed by atoms with Gasteiger partial charge >= 0.3 is 0 Å². The van der Waals surface area contributed by atoms with Gasteiger partial charge in [-0.15, -0.1) is 0 Å². The third-order valence-corrected chi connectivity index (χ3v) is 5.09. The molecule has 0 saturated heterocycles. The molecule has 2 amide bonds. The quantitative estimate of drug-likeness (QED) is 0.813. The second-order valence-corrected chi connectivity index (χ2v) is 6.68. The number of hydrogen-bond acceptors (Lipinski definition) is 3. The van der Waals surface area contributed by atoms with Gasteiger partial charge in [0.2, 0.25) is 11.8 Å². The van der Waals surface area contributed by atoms with E-state index in [9.17, 15) is 9.59 Å². The molecular formula is C16H28N2O3. The van der Waals surface area contributed by atoms with Crippen LogP contribution in [-0.2, 0) is 14.3 Å². The first-order chi connectivity index (χ1) is 10.0. The third-order valence-electron chi connectivity index (χ3n) is 5.09. The van der Waals surface area contributed by atoms with E-state index < -0.39 is 0 Å². The zero-order chi connectivity index (χ0) is 15.3. The average molecular weight is 296 g/mol. The highest BCUT2D eigenvalue weighted by Gasteiger charge is 2.37. The molecule has 0 aromatic carbocycles. The maximum Gasteiger partial charge on any atom is 0.223 e. The topological polar surface area (TPSA) is 81.4 Å². The standard InChI is InChI=1S/C16H28N2O3/c1-21-13-7-5-12(6-8-13)15(20)18-16(11-14(17)19)9-3-2-4-10-16/h12-13H,2-11H2,1H3,(H2,17,19)(H,18,20). The molecule has 0 heterocycles. The normalized spacial score (nSPS) is 28.8. The van der Waals surface area contributed by atoms with Crippen LogP contribution in [0.5, 0.6) is 0 Å². The fourth-order valence-corrected chi connectivity index (χ4v) is 3.83. The molecule has 0 radical (unpaired) electrons. The van der Waals surface area contributed by atoms with E-state index >= 15 is 0 Å². The Balaban J connectivity index is 1.93. The number of hydrogen-bond donors (Lipinski definition) is 2. The summed E-state index contributed by atoms with van der Waals surface area (Å²) in [7, 11) is 1.73. The van der Waals surface area contributed by atoms with Gasteiger partial charge in [0.1, 0.15) is 0 Å². The number of carbonyl (C=O) groups excluding carboxylic acids is 2. The second kappa shape index (κ2) is 7.25. The molecule has 0 spiro atoms. The van der Waals surface area contributed by atoms with Crippen molar-refractivity contribution in [1.29, 1.82) is 0 Å². The SMILES string of the molecule is COC1CCC(C(=O)NC2(CC(N)=O)CCCCC2)CC1. The van der Waals surface area contributed by atoms with Crippen LogP contribution in [0.2, 0.25) is 0 Å². The monoisotopic (exact) mass is 296 g/mol. The average Bonchev–Trinajstić information content (AvgIpc) is 2.47. The molecule has 120 valence electrons. The van der Waals surface area contributed by atoms with Crippen molar-refractivity contribution in [3.05, 3.63) is 0 Å². The molecule has 21 heavy (non-hydrogen) atoms. The van der Waals surface area contributed by atoms with Crippen LogP contribution in [0.1, 0.15) is 64.2 Å². The van der Waals surface area contributed by atoms with Crippen molar-refractivity contribution in [2.24, 2.45) is 11.7 Å². The van der Waals surface area contributed by atoms with Crippen LogP contribution in [0, 0.1) is 5.92 Å². The van der Waals surface area contributed by atoms with Crippen molar-refractivity contribution < 1.29 is 14.3 Å². The van der Waals surface area contributed by atoms with Gasteiger partial charge in [0, 0.05) is 25.0 Å². The van der Waals surface area contributed by atoms with Gasteiger partial charge in [-0.3, -0.25) is 9.59 Å². The van der Waals surface area contributed by atoms with Gasteiger partial charge in [-0.25, -0.2) is 0 Å². The smallest absolute Gasteiger partial charge is 0.223 e. The molecule has 2 saturated carbocycles. The highest BCUT2D eigenvalue weighted by atomic mass is 16.5. The molecule has 0 aliphatic heterocycles. The largest absolute Gasteiger partial charge is 0.381 e. The summed E-state index contributed by atoms with van der Waals surface area (Å²) in [6, 6.07) is 0. The molecule has 5 nitrogen and oxygen atoms in total. The van der Waals surface area contributed by atoms with Crippen LogP contribution in [0.3, 0.4) is 0 Å². The maximum absolute atomic E-state index is 12.5. The molecule has 0 atom stereocenters. The molecule has 5 heteroatoms. The lowest BCUT2D eigenvalue weighted by Gasteiger charge is -2.39. The summed E-state index contributed by atoms with van der Waals surface area (Å²) in [5, 5.41) is 3.19. The lowest BCUT2D eigenvalue weighted by Crippen LogP contribution is -2.53. The first-order valence-electron chi connectivity index (χ1n) is 8.18. The lowest BCUT2D eigenvalue weighted by molar-refractivity contribution is -0.130. The van der Waals surface area contributed by atoms with Crippen molar-refractivity contribution in [3.8, 4) is 0 Å². The van der Waals surface area contributed by atoms with Crippen LogP contribution in [0.15, 0.2) is 0 Å². The van der Waals surface area contributed by atoms with E-state index in [1.165, 1.54) is 6.42 Å². The zero-order valence-corrected chi connectivity index (χ0v) is 13.0. The molecule has 3 N–H and O–H groups in total. The minimum atomic E-state index is -0.390. The van der Waals surface area contributed by atoms with Gasteiger partial charge in [-0.1, -0.05) is 19.3 Å². The van der Waals surface area contributed by atoms with Crippen molar-refractivity contribution in [3.63, 3.8) is 0 Å². The number of amides is 2. The number of primary amides is 1. The molecule has 0 unspecified atom stereocenters. The van der Waals surface area contributed by atoms with E-state index in [1.54, 1.807) is 7.11 Å². The number of methoxy groups -OCH3 is 1. The molecular weight excluding hydrogens is 268 g/mol. The molecule has 2 fully saturated rings. The Kier molecular flexibility index (Phi) is 5.62. The van der Waals surface area contributed by atoms with Crippen LogP contribution in [-0.4, -0.2) is 30.6 Å². The van der Waals surface area contributed by atoms with Gasteiger partial charge in [0.15, 0.2) is 0 Å². The molecule has 0 bridgehead atoms. The van der Waals surface area contributed by atoms with Crippen LogP contribution < -0.4 is 11.1 Å². The van der Waals surface area contributed by atoms with Crippen LogP contribution in [0.4, 0.5) is 0 Å². The summed E-state index contributed by atoms with van der Waals surface area (Å²) in [5.41, 5.74) is 5.00. The lowest BCUT2D eigenvalue weighted by atomic mass is 9.78. The summed E-state index contributed by atoms with van der Waals surface area (Å²) in [4.78, 5) is 23.9. The van der Waals surface area contributed by atoms with E-state index in [2.05, 4.69) is 5.32 Å². The first-order valence-corrected chi connectivity index (χ1v) is 8.18. The predicted molar refractivity (Wildman–Crippen MR) is 80.5 cm³/mol. The summed E-state index contributed by atoms with van der Waals surface area (Å²) in [5.74, 6) is -0.156. The van der Waals surface area contributed by atoms with E-state index in [0.717, 1.165) is 51.4 Å². The van der Waals surface area contributed by atoms with Crippen molar-refractivity contribution in [1.82, 2.24) is 5.32 Å². The zero-order valence-electron chi connectivity index (χ0n) is 13.0. The highest BCUT2D eigenvalue weighted by Crippen LogP contribution is 2.33. The highest BCUT2D eigenvalue weighted by molar-refractivity contribution is 5.81. The minimum absolute atomic E-state index is 0.0584. The van der Waals surface area contributed by atoms with Gasteiger partial charge in [-0.2, -0.15) is 0 Å². The van der Waals surface area contributed by atoms with Gasteiger partial charge in [-0.05, 0) is 38.5 Å². The fraction of sp³-hybridized carbons (Fsp3) is 0.875. The van der Waals surface area contributed by atoms with Gasteiger partial charge in [0.25, 0.3) is 0 Å². The predicted octanol–water partition coefficient (Wildman–Crippen LogP) is 1.89. The molecule has 0 aromatic rings. The Labute approximate surface area is 127 Å². The van der Waals surface area contributed by atoms with E-state index in [4.69, 9.17) is 10.5 Å². The minimum Gasteiger partial charge on any atom is -0.381 e. The van der Waals surface area contributed by atoms with E-state index in [0.29, 0.717) is 6.10 Å². The van der Waals surface area contributed by atoms with E-state index in [1.807, 2.05) is 0 Å². The maximum atomic E-state index is 12.5. The Morgan fingerprint density at radius 1 is 1.14 bits per heavy atom. The van der Waals surface area contributed by atoms with Crippen molar-refractivity contribution in [2.45, 2.75) is 75.9 Å². The fourth-order valence-electron chi connectivity index (χ4n) is 3.83. The first kappa shape index (κ1) is 16.3. The molecule has 2 aliphatic rings. The van der Waals surface area contributed by atoms with Crippen molar-refractivity contribution in [2.75, 3.05) is 7.11 Å². The number of carbonyl (C=O) groups is 2. The number of nitrogens with two attached hydrogens (primary N) is 1. The Morgan fingerprint density at radius 3 is 2.29 bits per heavy atom. The summed E-state index contributed by atoms with van der Waals surface area (Å²) >= 11 is 0. The summed E-state index contributed by atoms with van der Waals surface area (Å²) in [6.07, 6.45) is 9.23. The van der Waals surface area contributed by atoms with Crippen LogP contribution in [0.25, 0.3) is 0 Å². The number of ether oxygens (including phenoxy) is 1. The Morgan fingerprint density at radius 2 is 1.76 bits per heavy atom. The summed E-state index contributed by atoms with van der Waals surface area (Å²) in [6.45, 7) is 0. The second-order valence-electron chi connectivity index (χ2n) is 6.68. The van der Waals surface area contributed by atoms with Gasteiger partial charge in [0.05, 0.1) is 6.10 Å². The van der Waals surface area contributed by atoms with Crippen molar-refractivity contribution >= 4 is 11.8 Å². The molecule has 2 rings (SSSR count). The van der Waals surface area contributed by atoms with Gasteiger partial charge < -0.3 is 15.8 Å². The third kappa shape index (κ3) is 4.43. The number of rotatable bonds is 5. The summed E-state index contributed by atoms with van der Waals surface area (Å²) < 4.78 is 5.35. The number of nitrogens with one attached hydrogen (secondary N) is 1. The Bertz CT molecular complexity index is 370. The Hall–Kier alpha value is -1.10. The molecule has 2 aliphatic carbocycles. The van der Waals surface area contributed by atoms with E-state index in [-0.39, 0.29) is 29.7 Å². The van der Waals surface area contributed by atoms with Crippen LogP contribution >= 0.6 is 0 Å². The molecule has 0 aromatic heterocycles.